The zero-order valence-corrected chi connectivity index (χ0v) is 18.4. The molecule has 1 fully saturated rings. The number of halogens is 2. The van der Waals surface area contributed by atoms with E-state index in [0.29, 0.717) is 35.1 Å². The van der Waals surface area contributed by atoms with Gasteiger partial charge in [-0.1, -0.05) is 24.4 Å². The van der Waals surface area contributed by atoms with Gasteiger partial charge in [-0.2, -0.15) is 0 Å². The van der Waals surface area contributed by atoms with Crippen LogP contribution in [0.15, 0.2) is 24.7 Å². The lowest BCUT2D eigenvalue weighted by molar-refractivity contribution is -0.136. The molecule has 3 heterocycles. The number of carbonyl (C=O) groups is 1. The number of aromatic amines is 1. The van der Waals surface area contributed by atoms with E-state index in [2.05, 4.69) is 25.3 Å². The van der Waals surface area contributed by atoms with Gasteiger partial charge in [-0.3, -0.25) is 4.79 Å². The van der Waals surface area contributed by atoms with Gasteiger partial charge in [-0.25, -0.2) is 19.3 Å². The minimum Gasteiger partial charge on any atom is -0.364 e. The lowest BCUT2D eigenvalue weighted by Gasteiger charge is -2.34. The number of hydrogen-bond donors (Lipinski definition) is 2. The quantitative estimate of drug-likeness (QED) is 0.577. The SMILES string of the molecule is CCN(CC)C(=O)[C@H]1CCCC[C@@H]1Nc1nc(-c2c[nH]c3ncc(Cl)cc23)ncc1F. The van der Waals surface area contributed by atoms with E-state index in [1.165, 1.54) is 0 Å². The molecular weight excluding hydrogens is 419 g/mol. The fraction of sp³-hybridized carbons (Fsp3) is 0.455. The Morgan fingerprint density at radius 1 is 1.26 bits per heavy atom. The van der Waals surface area contributed by atoms with Gasteiger partial charge in [0.25, 0.3) is 0 Å². The molecule has 3 aromatic heterocycles. The summed E-state index contributed by atoms with van der Waals surface area (Å²) in [6.07, 6.45) is 8.02. The summed E-state index contributed by atoms with van der Waals surface area (Å²) in [5.41, 5.74) is 1.34. The molecule has 9 heteroatoms. The Balaban J connectivity index is 1.63. The largest absolute Gasteiger partial charge is 0.364 e. The summed E-state index contributed by atoms with van der Waals surface area (Å²) in [5, 5.41) is 4.48. The summed E-state index contributed by atoms with van der Waals surface area (Å²) >= 11 is 6.09. The van der Waals surface area contributed by atoms with Crippen molar-refractivity contribution in [1.29, 1.82) is 0 Å². The van der Waals surface area contributed by atoms with E-state index in [1.807, 2.05) is 18.7 Å². The average molecular weight is 445 g/mol. The molecule has 31 heavy (non-hydrogen) atoms. The van der Waals surface area contributed by atoms with E-state index >= 15 is 0 Å². The Morgan fingerprint density at radius 2 is 2.03 bits per heavy atom. The first kappa shape index (κ1) is 21.5. The van der Waals surface area contributed by atoms with Crippen molar-refractivity contribution in [2.75, 3.05) is 18.4 Å². The molecule has 164 valence electrons. The van der Waals surface area contributed by atoms with Crippen molar-refractivity contribution >= 4 is 34.4 Å². The van der Waals surface area contributed by atoms with Gasteiger partial charge in [0, 0.05) is 42.5 Å². The van der Waals surface area contributed by atoms with E-state index < -0.39 is 5.82 Å². The molecule has 1 amide bonds. The van der Waals surface area contributed by atoms with Crippen molar-refractivity contribution in [2.24, 2.45) is 5.92 Å². The maximum Gasteiger partial charge on any atom is 0.227 e. The Labute approximate surface area is 185 Å². The highest BCUT2D eigenvalue weighted by atomic mass is 35.5. The van der Waals surface area contributed by atoms with Crippen molar-refractivity contribution < 1.29 is 9.18 Å². The van der Waals surface area contributed by atoms with Crippen LogP contribution >= 0.6 is 11.6 Å². The van der Waals surface area contributed by atoms with E-state index in [1.54, 1.807) is 18.5 Å². The lowest BCUT2D eigenvalue weighted by atomic mass is 9.83. The van der Waals surface area contributed by atoms with Crippen LogP contribution in [0.1, 0.15) is 39.5 Å². The van der Waals surface area contributed by atoms with Crippen LogP contribution in [-0.4, -0.2) is 49.9 Å². The van der Waals surface area contributed by atoms with Crippen LogP contribution in [-0.2, 0) is 4.79 Å². The highest BCUT2D eigenvalue weighted by Gasteiger charge is 2.33. The number of nitrogens with one attached hydrogen (secondary N) is 2. The van der Waals surface area contributed by atoms with Crippen molar-refractivity contribution in [1.82, 2.24) is 24.8 Å². The van der Waals surface area contributed by atoms with Crippen LogP contribution in [0.25, 0.3) is 22.4 Å². The van der Waals surface area contributed by atoms with Gasteiger partial charge in [0.15, 0.2) is 17.5 Å². The Morgan fingerprint density at radius 3 is 2.81 bits per heavy atom. The predicted molar refractivity (Wildman–Crippen MR) is 119 cm³/mol. The summed E-state index contributed by atoms with van der Waals surface area (Å²) in [5.74, 6) is -0.142. The van der Waals surface area contributed by atoms with Crippen LogP contribution in [0.5, 0.6) is 0 Å². The highest BCUT2D eigenvalue weighted by Crippen LogP contribution is 2.31. The molecule has 0 spiro atoms. The number of rotatable bonds is 6. The fourth-order valence-electron chi connectivity index (χ4n) is 4.31. The maximum absolute atomic E-state index is 14.6. The molecule has 0 aliphatic heterocycles. The number of nitrogens with zero attached hydrogens (tertiary/aromatic N) is 4. The first-order valence-electron chi connectivity index (χ1n) is 10.7. The van der Waals surface area contributed by atoms with Gasteiger partial charge in [0.05, 0.1) is 17.1 Å². The Kier molecular flexibility index (Phi) is 6.36. The molecule has 0 unspecified atom stereocenters. The van der Waals surface area contributed by atoms with Gasteiger partial charge in [-0.15, -0.1) is 0 Å². The first-order valence-corrected chi connectivity index (χ1v) is 11.1. The van der Waals surface area contributed by atoms with Gasteiger partial charge >= 0.3 is 0 Å². The number of pyridine rings is 1. The number of H-pyrrole nitrogens is 1. The fourth-order valence-corrected chi connectivity index (χ4v) is 4.46. The normalized spacial score (nSPS) is 18.8. The summed E-state index contributed by atoms with van der Waals surface area (Å²) in [6.45, 7) is 5.29. The number of aromatic nitrogens is 4. The van der Waals surface area contributed by atoms with E-state index in [-0.39, 0.29) is 23.7 Å². The van der Waals surface area contributed by atoms with Crippen LogP contribution < -0.4 is 5.32 Å². The third-order valence-electron chi connectivity index (χ3n) is 5.96. The molecule has 2 atom stereocenters. The molecule has 1 saturated carbocycles. The molecule has 0 radical (unpaired) electrons. The van der Waals surface area contributed by atoms with Gasteiger partial charge in [-0.05, 0) is 32.8 Å². The van der Waals surface area contributed by atoms with E-state index in [0.717, 1.165) is 37.3 Å². The smallest absolute Gasteiger partial charge is 0.227 e. The lowest BCUT2D eigenvalue weighted by Crippen LogP contribution is -2.45. The molecule has 4 rings (SSSR count). The second-order valence-corrected chi connectivity index (χ2v) is 8.23. The topological polar surface area (TPSA) is 86.8 Å². The van der Waals surface area contributed by atoms with Crippen LogP contribution in [0.2, 0.25) is 5.02 Å². The molecule has 0 bridgehead atoms. The molecule has 1 aliphatic rings. The molecular formula is C22H26ClFN6O. The van der Waals surface area contributed by atoms with Crippen molar-refractivity contribution in [3.8, 4) is 11.4 Å². The summed E-state index contributed by atoms with van der Waals surface area (Å²) in [7, 11) is 0. The molecule has 0 aromatic carbocycles. The van der Waals surface area contributed by atoms with Crippen LogP contribution in [0, 0.1) is 11.7 Å². The molecule has 3 aromatic rings. The summed E-state index contributed by atoms with van der Waals surface area (Å²) < 4.78 is 14.6. The first-order chi connectivity index (χ1) is 15.0. The zero-order valence-electron chi connectivity index (χ0n) is 17.7. The summed E-state index contributed by atoms with van der Waals surface area (Å²) in [4.78, 5) is 30.8. The van der Waals surface area contributed by atoms with Gasteiger partial charge in [0.1, 0.15) is 5.65 Å². The third kappa shape index (κ3) is 4.35. The number of amides is 1. The standard InChI is InChI=1S/C22H26ClFN6O/c1-3-30(4-2)22(31)14-7-5-6-8-18(14)28-21-17(24)12-27-20(29-21)16-11-26-19-15(16)9-13(23)10-25-19/h9-12,14,18H,3-8H2,1-2H3,(H,25,26)(H,27,28,29)/t14-,18-/m0/s1. The predicted octanol–water partition coefficient (Wildman–Crippen LogP) is 4.65. The molecule has 7 nitrogen and oxygen atoms in total. The Bertz CT molecular complexity index is 1080. The second kappa shape index (κ2) is 9.18. The molecule has 2 N–H and O–H groups in total. The van der Waals surface area contributed by atoms with Crippen molar-refractivity contribution in [3.05, 3.63) is 35.5 Å². The average Bonchev–Trinajstić information content (AvgIpc) is 3.19. The maximum atomic E-state index is 14.6. The number of anilines is 1. The van der Waals surface area contributed by atoms with E-state index in [9.17, 15) is 9.18 Å². The highest BCUT2D eigenvalue weighted by molar-refractivity contribution is 6.31. The zero-order chi connectivity index (χ0) is 22.0. The number of fused-ring (bicyclic) bond motifs is 1. The van der Waals surface area contributed by atoms with Crippen molar-refractivity contribution in [3.63, 3.8) is 0 Å². The number of hydrogen-bond acceptors (Lipinski definition) is 5. The van der Waals surface area contributed by atoms with Gasteiger partial charge < -0.3 is 15.2 Å². The molecule has 0 saturated heterocycles. The summed E-state index contributed by atoms with van der Waals surface area (Å²) in [6, 6.07) is 1.60. The van der Waals surface area contributed by atoms with E-state index in [4.69, 9.17) is 11.6 Å². The van der Waals surface area contributed by atoms with Crippen molar-refractivity contribution in [2.45, 2.75) is 45.6 Å². The van der Waals surface area contributed by atoms with Gasteiger partial charge in [0.2, 0.25) is 5.91 Å². The Hall–Kier alpha value is -2.74. The third-order valence-corrected chi connectivity index (χ3v) is 6.17. The minimum absolute atomic E-state index is 0.110. The monoisotopic (exact) mass is 444 g/mol. The van der Waals surface area contributed by atoms with Crippen LogP contribution in [0.4, 0.5) is 10.2 Å². The minimum atomic E-state index is -0.542. The second-order valence-electron chi connectivity index (χ2n) is 7.79. The molecule has 1 aliphatic carbocycles. The van der Waals surface area contributed by atoms with Crippen LogP contribution in [0.3, 0.4) is 0 Å². The number of carbonyl (C=O) groups excluding carboxylic acids is 1.